The molecule has 2 nitrogen and oxygen atoms in total. The highest BCUT2D eigenvalue weighted by atomic mass is 16.3. The van der Waals surface area contributed by atoms with E-state index in [4.69, 9.17) is 5.73 Å². The van der Waals surface area contributed by atoms with E-state index in [9.17, 15) is 5.11 Å². The molecule has 0 aliphatic rings. The van der Waals surface area contributed by atoms with Gasteiger partial charge in [0.25, 0.3) is 0 Å². The first-order valence-electron chi connectivity index (χ1n) is 4.75. The Hall–Kier alpha value is -1.70. The zero-order valence-corrected chi connectivity index (χ0v) is 8.49. The minimum Gasteiger partial charge on any atom is -0.507 e. The quantitative estimate of drug-likeness (QED) is 0.494. The maximum absolute atomic E-state index is 9.44. The van der Waals surface area contributed by atoms with Gasteiger partial charge in [-0.3, -0.25) is 0 Å². The molecule has 0 saturated heterocycles. The van der Waals surface area contributed by atoms with Crippen LogP contribution in [0.5, 0.6) is 5.75 Å². The van der Waals surface area contributed by atoms with Crippen molar-refractivity contribution in [2.45, 2.75) is 13.8 Å². The highest BCUT2D eigenvalue weighted by Gasteiger charge is 2.00. The van der Waals surface area contributed by atoms with Crippen molar-refractivity contribution in [2.24, 2.45) is 0 Å². The summed E-state index contributed by atoms with van der Waals surface area (Å²) in [6, 6.07) is 10.8. The van der Waals surface area contributed by atoms with Gasteiger partial charge in [-0.2, -0.15) is 0 Å². The zero-order valence-electron chi connectivity index (χ0n) is 8.49. The van der Waals surface area contributed by atoms with Crippen LogP contribution >= 0.6 is 0 Å². The molecule has 0 bridgehead atoms. The molecule has 3 N–H and O–H groups in total. The molecular weight excluding hydrogens is 174 g/mol. The largest absolute Gasteiger partial charge is 0.507 e. The normalized spacial score (nSPS) is 9.29. The molecule has 0 fully saturated rings. The number of hydrogen-bond donors (Lipinski definition) is 2. The molecule has 0 atom stereocenters. The topological polar surface area (TPSA) is 46.2 Å². The highest BCUT2D eigenvalue weighted by molar-refractivity contribution is 5.96. The Bertz CT molecular complexity index is 383. The van der Waals surface area contributed by atoms with Crippen LogP contribution in [0.25, 0.3) is 10.8 Å². The summed E-state index contributed by atoms with van der Waals surface area (Å²) in [4.78, 5) is 0. The minimum atomic E-state index is 0.278. The lowest BCUT2D eigenvalue weighted by Gasteiger charge is -2.02. The van der Waals surface area contributed by atoms with Crippen LogP contribution in [-0.4, -0.2) is 5.11 Å². The molecule has 0 heterocycles. The Kier molecular flexibility index (Phi) is 3.35. The van der Waals surface area contributed by atoms with Crippen molar-refractivity contribution >= 4 is 16.5 Å². The Labute approximate surface area is 84.0 Å². The van der Waals surface area contributed by atoms with Crippen LogP contribution in [0.4, 0.5) is 5.69 Å². The fourth-order valence-corrected chi connectivity index (χ4v) is 1.31. The predicted molar refractivity (Wildman–Crippen MR) is 61.4 cm³/mol. The van der Waals surface area contributed by atoms with Crippen LogP contribution in [0.1, 0.15) is 13.8 Å². The molecule has 14 heavy (non-hydrogen) atoms. The van der Waals surface area contributed by atoms with Crippen LogP contribution in [0.15, 0.2) is 36.4 Å². The molecule has 0 aliphatic heterocycles. The van der Waals surface area contributed by atoms with Gasteiger partial charge in [0.15, 0.2) is 0 Å². The SMILES string of the molecule is CC.Nc1ccc(O)c2ccccc12. The number of fused-ring (bicyclic) bond motifs is 1. The molecule has 2 heteroatoms. The summed E-state index contributed by atoms with van der Waals surface area (Å²) in [5.41, 5.74) is 6.41. The number of rotatable bonds is 0. The van der Waals surface area contributed by atoms with E-state index in [1.165, 1.54) is 0 Å². The van der Waals surface area contributed by atoms with E-state index in [2.05, 4.69) is 0 Å². The van der Waals surface area contributed by atoms with Crippen LogP contribution in [0.3, 0.4) is 0 Å². The standard InChI is InChI=1S/C10H9NO.C2H6/c11-9-5-6-10(12)8-4-2-1-3-7(8)9;1-2/h1-6,12H,11H2;1-2H3. The Morgan fingerprint density at radius 1 is 0.929 bits per heavy atom. The lowest BCUT2D eigenvalue weighted by Crippen LogP contribution is -1.85. The van der Waals surface area contributed by atoms with E-state index in [1.54, 1.807) is 12.1 Å². The number of nitrogens with two attached hydrogens (primary N) is 1. The second kappa shape index (κ2) is 4.51. The van der Waals surface area contributed by atoms with E-state index in [-0.39, 0.29) is 5.75 Å². The monoisotopic (exact) mass is 189 g/mol. The smallest absolute Gasteiger partial charge is 0.123 e. The number of anilines is 1. The Balaban J connectivity index is 0.000000461. The molecule has 0 aromatic heterocycles. The van der Waals surface area contributed by atoms with E-state index < -0.39 is 0 Å². The highest BCUT2D eigenvalue weighted by Crippen LogP contribution is 2.28. The molecule has 2 rings (SSSR count). The number of nitrogen functional groups attached to an aromatic ring is 1. The van der Waals surface area contributed by atoms with Crippen molar-refractivity contribution < 1.29 is 5.11 Å². The van der Waals surface area contributed by atoms with E-state index in [0.29, 0.717) is 5.69 Å². The lowest BCUT2D eigenvalue weighted by molar-refractivity contribution is 0.481. The molecule has 0 aliphatic carbocycles. The fourth-order valence-electron chi connectivity index (χ4n) is 1.31. The first-order chi connectivity index (χ1) is 6.79. The van der Waals surface area contributed by atoms with Gasteiger partial charge in [-0.25, -0.2) is 0 Å². The maximum atomic E-state index is 9.44. The van der Waals surface area contributed by atoms with Crippen LogP contribution in [0, 0.1) is 0 Å². The van der Waals surface area contributed by atoms with Gasteiger partial charge in [-0.1, -0.05) is 38.1 Å². The second-order valence-corrected chi connectivity index (χ2v) is 2.72. The summed E-state index contributed by atoms with van der Waals surface area (Å²) in [5.74, 6) is 0.278. The van der Waals surface area contributed by atoms with Crippen molar-refractivity contribution in [3.63, 3.8) is 0 Å². The summed E-state index contributed by atoms with van der Waals surface area (Å²) in [7, 11) is 0. The molecular formula is C12H15NO. The summed E-state index contributed by atoms with van der Waals surface area (Å²) >= 11 is 0. The van der Waals surface area contributed by atoms with Crippen molar-refractivity contribution in [3.8, 4) is 5.75 Å². The molecule has 74 valence electrons. The van der Waals surface area contributed by atoms with Crippen LogP contribution in [0.2, 0.25) is 0 Å². The lowest BCUT2D eigenvalue weighted by atomic mass is 10.1. The number of aromatic hydroxyl groups is 1. The third kappa shape index (κ3) is 1.79. The molecule has 0 saturated carbocycles. The van der Waals surface area contributed by atoms with Crippen LogP contribution < -0.4 is 5.73 Å². The first kappa shape index (κ1) is 10.4. The van der Waals surface area contributed by atoms with E-state index in [1.807, 2.05) is 38.1 Å². The first-order valence-corrected chi connectivity index (χ1v) is 4.75. The molecule has 0 unspecified atom stereocenters. The number of hydrogen-bond acceptors (Lipinski definition) is 2. The molecule has 2 aromatic carbocycles. The van der Waals surface area contributed by atoms with Gasteiger partial charge in [0.2, 0.25) is 0 Å². The second-order valence-electron chi connectivity index (χ2n) is 2.72. The van der Waals surface area contributed by atoms with Crippen molar-refractivity contribution in [1.82, 2.24) is 0 Å². The summed E-state index contributed by atoms with van der Waals surface area (Å²) < 4.78 is 0. The third-order valence-corrected chi connectivity index (χ3v) is 1.93. The Morgan fingerprint density at radius 3 is 2.07 bits per heavy atom. The predicted octanol–water partition coefficient (Wildman–Crippen LogP) is 3.15. The molecule has 0 radical (unpaired) electrons. The summed E-state index contributed by atoms with van der Waals surface area (Å²) in [5, 5.41) is 11.1. The van der Waals surface area contributed by atoms with Crippen LogP contribution in [-0.2, 0) is 0 Å². The van der Waals surface area contributed by atoms with Gasteiger partial charge in [0.05, 0.1) is 0 Å². The van der Waals surface area contributed by atoms with Crippen molar-refractivity contribution in [2.75, 3.05) is 5.73 Å². The fraction of sp³-hybridized carbons (Fsp3) is 0.167. The average molecular weight is 189 g/mol. The molecule has 0 spiro atoms. The van der Waals surface area contributed by atoms with E-state index in [0.717, 1.165) is 10.8 Å². The van der Waals surface area contributed by atoms with Crippen molar-refractivity contribution in [3.05, 3.63) is 36.4 Å². The number of benzene rings is 2. The van der Waals surface area contributed by atoms with Gasteiger partial charge < -0.3 is 10.8 Å². The van der Waals surface area contributed by atoms with Gasteiger partial charge in [0, 0.05) is 16.5 Å². The molecule has 0 amide bonds. The van der Waals surface area contributed by atoms with Gasteiger partial charge in [0.1, 0.15) is 5.75 Å². The van der Waals surface area contributed by atoms with Crippen molar-refractivity contribution in [1.29, 1.82) is 0 Å². The Morgan fingerprint density at radius 2 is 1.50 bits per heavy atom. The van der Waals surface area contributed by atoms with Gasteiger partial charge in [-0.15, -0.1) is 0 Å². The number of phenolic OH excluding ortho intramolecular Hbond substituents is 1. The average Bonchev–Trinajstić information content (AvgIpc) is 2.27. The third-order valence-electron chi connectivity index (χ3n) is 1.93. The minimum absolute atomic E-state index is 0.278. The number of phenols is 1. The van der Waals surface area contributed by atoms with Gasteiger partial charge >= 0.3 is 0 Å². The summed E-state index contributed by atoms with van der Waals surface area (Å²) in [6.45, 7) is 4.00. The van der Waals surface area contributed by atoms with E-state index >= 15 is 0 Å². The summed E-state index contributed by atoms with van der Waals surface area (Å²) in [6.07, 6.45) is 0. The zero-order chi connectivity index (χ0) is 10.6. The maximum Gasteiger partial charge on any atom is 0.123 e. The molecule has 2 aromatic rings. The van der Waals surface area contributed by atoms with Gasteiger partial charge in [-0.05, 0) is 12.1 Å².